The number of amides is 1. The Morgan fingerprint density at radius 2 is 1.90 bits per heavy atom. The first-order valence-corrected chi connectivity index (χ1v) is 10.4. The number of nitro groups is 1. The molecule has 160 valence electrons. The van der Waals surface area contributed by atoms with Crippen molar-refractivity contribution in [3.05, 3.63) is 68.4 Å². The molecule has 1 aliphatic heterocycles. The highest BCUT2D eigenvalue weighted by atomic mass is 79.9. The van der Waals surface area contributed by atoms with E-state index in [4.69, 9.17) is 4.74 Å². The van der Waals surface area contributed by atoms with Gasteiger partial charge >= 0.3 is 0 Å². The number of carbonyl (C=O) groups excluding carboxylic acids is 1. The van der Waals surface area contributed by atoms with Crippen molar-refractivity contribution in [2.24, 2.45) is 0 Å². The number of sulfonamides is 1. The van der Waals surface area contributed by atoms with Gasteiger partial charge in [-0.3, -0.25) is 14.9 Å². The van der Waals surface area contributed by atoms with Gasteiger partial charge in [0.1, 0.15) is 12.4 Å². The fourth-order valence-corrected chi connectivity index (χ4v) is 5.39. The number of morpholine rings is 1. The molecule has 2 aromatic rings. The van der Waals surface area contributed by atoms with Gasteiger partial charge in [0.2, 0.25) is 0 Å². The summed E-state index contributed by atoms with van der Waals surface area (Å²) in [6, 6.07) is 6.89. The number of hydrogen-bond donors (Lipinski definition) is 0. The number of halogens is 4. The van der Waals surface area contributed by atoms with Crippen molar-refractivity contribution in [1.29, 1.82) is 0 Å². The molecule has 1 fully saturated rings. The van der Waals surface area contributed by atoms with E-state index in [1.165, 1.54) is 12.1 Å². The molecular weight excluding hydrogens is 497 g/mol. The molecule has 1 unspecified atom stereocenters. The minimum absolute atomic E-state index is 0.139. The zero-order valence-electron chi connectivity index (χ0n) is 14.8. The third-order valence-electron chi connectivity index (χ3n) is 4.47. The van der Waals surface area contributed by atoms with Crippen LogP contribution >= 0.6 is 15.9 Å². The first kappa shape index (κ1) is 22.2. The summed E-state index contributed by atoms with van der Waals surface area (Å²) < 4.78 is 74.9. The Labute approximate surface area is 176 Å². The number of alkyl halides is 2. The summed E-state index contributed by atoms with van der Waals surface area (Å²) in [7, 11) is -5.22. The highest BCUT2D eigenvalue weighted by Crippen LogP contribution is 2.44. The summed E-state index contributed by atoms with van der Waals surface area (Å²) in [6.45, 7) is -1.94. The number of carbonyl (C=O) groups is 1. The smallest absolute Gasteiger partial charge is 0.289 e. The summed E-state index contributed by atoms with van der Waals surface area (Å²) in [6.07, 6.45) is -3.62. The van der Waals surface area contributed by atoms with E-state index in [-0.39, 0.29) is 8.78 Å². The summed E-state index contributed by atoms with van der Waals surface area (Å²) in [5.41, 5.74) is -4.82. The lowest BCUT2D eigenvalue weighted by Gasteiger charge is -2.44. The number of rotatable bonds is 5. The molecule has 0 bridgehead atoms. The maximum atomic E-state index is 14.6. The van der Waals surface area contributed by atoms with Crippen LogP contribution in [0, 0.1) is 15.9 Å². The SMILES string of the molecule is O=C1COCC(c2cc(Br)ccc2F)(C(F)F)N1S(=O)(=O)c1ccccc1[N+](=O)[O-]. The van der Waals surface area contributed by atoms with Crippen molar-refractivity contribution in [2.45, 2.75) is 16.9 Å². The van der Waals surface area contributed by atoms with Gasteiger partial charge in [0.25, 0.3) is 28.0 Å². The van der Waals surface area contributed by atoms with E-state index in [1.54, 1.807) is 0 Å². The molecule has 0 aromatic heterocycles. The van der Waals surface area contributed by atoms with E-state index in [2.05, 4.69) is 15.9 Å². The van der Waals surface area contributed by atoms with Gasteiger partial charge in [-0.25, -0.2) is 25.9 Å². The number of ether oxygens (including phenoxy) is 1. The Morgan fingerprint density at radius 1 is 1.23 bits per heavy atom. The molecular formula is C17H12BrF3N2O6S. The summed E-state index contributed by atoms with van der Waals surface area (Å²) in [5.74, 6) is -2.63. The van der Waals surface area contributed by atoms with Gasteiger partial charge in [0.15, 0.2) is 10.4 Å². The van der Waals surface area contributed by atoms with Crippen LogP contribution in [0.5, 0.6) is 0 Å². The Morgan fingerprint density at radius 3 is 2.53 bits per heavy atom. The average molecular weight is 509 g/mol. The number of nitrogens with zero attached hydrogens (tertiary/aromatic N) is 2. The Kier molecular flexibility index (Phi) is 5.89. The first-order valence-electron chi connectivity index (χ1n) is 8.16. The lowest BCUT2D eigenvalue weighted by molar-refractivity contribution is -0.387. The quantitative estimate of drug-likeness (QED) is 0.453. The molecule has 0 radical (unpaired) electrons. The largest absolute Gasteiger partial charge is 0.369 e. The molecule has 1 atom stereocenters. The van der Waals surface area contributed by atoms with Gasteiger partial charge in [-0.05, 0) is 24.3 Å². The minimum Gasteiger partial charge on any atom is -0.369 e. The maximum absolute atomic E-state index is 14.6. The van der Waals surface area contributed by atoms with Gasteiger partial charge in [-0.1, -0.05) is 28.1 Å². The number of hydrogen-bond acceptors (Lipinski definition) is 6. The summed E-state index contributed by atoms with van der Waals surface area (Å²) >= 11 is 3.00. The number of nitro benzene ring substituents is 1. The van der Waals surface area contributed by atoms with Gasteiger partial charge < -0.3 is 4.74 Å². The first-order chi connectivity index (χ1) is 14.0. The van der Waals surface area contributed by atoms with Crippen molar-refractivity contribution in [3.63, 3.8) is 0 Å². The van der Waals surface area contributed by atoms with E-state index in [1.807, 2.05) is 0 Å². The molecule has 0 spiro atoms. The van der Waals surface area contributed by atoms with Gasteiger partial charge in [-0.2, -0.15) is 0 Å². The molecule has 2 aromatic carbocycles. The van der Waals surface area contributed by atoms with Crippen LogP contribution in [-0.2, 0) is 25.1 Å². The molecule has 1 amide bonds. The molecule has 1 saturated heterocycles. The fourth-order valence-electron chi connectivity index (χ4n) is 3.19. The van der Waals surface area contributed by atoms with Crippen molar-refractivity contribution in [2.75, 3.05) is 13.2 Å². The number of benzene rings is 2. The van der Waals surface area contributed by atoms with E-state index in [9.17, 15) is 36.5 Å². The average Bonchev–Trinajstić information content (AvgIpc) is 2.69. The van der Waals surface area contributed by atoms with E-state index >= 15 is 0 Å². The van der Waals surface area contributed by atoms with Crippen LogP contribution in [0.2, 0.25) is 0 Å². The van der Waals surface area contributed by atoms with Crippen LogP contribution in [-0.4, -0.2) is 43.2 Å². The second-order valence-electron chi connectivity index (χ2n) is 6.23. The van der Waals surface area contributed by atoms with Crippen LogP contribution < -0.4 is 0 Å². The van der Waals surface area contributed by atoms with Crippen molar-refractivity contribution >= 4 is 37.5 Å². The van der Waals surface area contributed by atoms with Gasteiger partial charge in [0.05, 0.1) is 11.5 Å². The molecule has 1 heterocycles. The molecule has 8 nitrogen and oxygen atoms in total. The minimum atomic E-state index is -5.22. The zero-order valence-corrected chi connectivity index (χ0v) is 17.2. The van der Waals surface area contributed by atoms with E-state index < -0.39 is 68.0 Å². The molecule has 0 aliphatic carbocycles. The predicted molar refractivity (Wildman–Crippen MR) is 99.7 cm³/mol. The Balaban J connectivity index is 2.35. The molecule has 0 saturated carbocycles. The molecule has 30 heavy (non-hydrogen) atoms. The lowest BCUT2D eigenvalue weighted by Crippen LogP contribution is -2.63. The molecule has 1 aliphatic rings. The van der Waals surface area contributed by atoms with Crippen molar-refractivity contribution in [1.82, 2.24) is 4.31 Å². The van der Waals surface area contributed by atoms with Crippen LogP contribution in [0.25, 0.3) is 0 Å². The topological polar surface area (TPSA) is 107 Å². The molecule has 0 N–H and O–H groups in total. The monoisotopic (exact) mass is 508 g/mol. The molecule has 3 rings (SSSR count). The van der Waals surface area contributed by atoms with Crippen LogP contribution in [0.4, 0.5) is 18.9 Å². The van der Waals surface area contributed by atoms with Crippen LogP contribution in [0.15, 0.2) is 51.8 Å². The highest BCUT2D eigenvalue weighted by molar-refractivity contribution is 9.10. The summed E-state index contributed by atoms with van der Waals surface area (Å²) in [5, 5.41) is 11.3. The van der Waals surface area contributed by atoms with E-state index in [0.717, 1.165) is 30.3 Å². The normalized spacial score (nSPS) is 19.9. The van der Waals surface area contributed by atoms with Gasteiger partial charge in [0, 0.05) is 16.1 Å². The second-order valence-corrected chi connectivity index (χ2v) is 8.90. The third kappa shape index (κ3) is 3.46. The standard InChI is InChI=1S/C17H12BrF3N2O6S/c18-10-5-6-12(19)11(7-10)17(16(20)21)9-29-8-15(24)22(17)30(27,28)14-4-2-1-3-13(14)23(25)26/h1-7,16H,8-9H2. The number of para-hydroxylation sites is 1. The zero-order chi connectivity index (χ0) is 22.3. The van der Waals surface area contributed by atoms with Crippen LogP contribution in [0.1, 0.15) is 5.56 Å². The maximum Gasteiger partial charge on any atom is 0.289 e. The lowest BCUT2D eigenvalue weighted by atomic mass is 9.89. The van der Waals surface area contributed by atoms with Gasteiger partial charge in [-0.15, -0.1) is 0 Å². The van der Waals surface area contributed by atoms with Crippen molar-refractivity contribution in [3.8, 4) is 0 Å². The third-order valence-corrected chi connectivity index (χ3v) is 6.88. The van der Waals surface area contributed by atoms with Crippen molar-refractivity contribution < 1.29 is 36.0 Å². The van der Waals surface area contributed by atoms with Crippen LogP contribution in [0.3, 0.4) is 0 Å². The fraction of sp³-hybridized carbons (Fsp3) is 0.235. The summed E-state index contributed by atoms with van der Waals surface area (Å²) in [4.78, 5) is 21.9. The second kappa shape index (κ2) is 7.96. The predicted octanol–water partition coefficient (Wildman–Crippen LogP) is 3.20. The highest BCUT2D eigenvalue weighted by Gasteiger charge is 2.59. The Hall–Kier alpha value is -2.51. The molecule has 13 heteroatoms. The van der Waals surface area contributed by atoms with E-state index in [0.29, 0.717) is 0 Å². The Bertz CT molecular complexity index is 1130.